The van der Waals surface area contributed by atoms with Crippen molar-refractivity contribution in [1.82, 2.24) is 0 Å². The SMILES string of the molecule is CC1=CC(=C=c2cc(-c3cc(C(F)(F)F)cc(C(F)(F)F)c3)c(=C3C=CC=C[CH-]3)c(-c3cc(C(F)(F)F)cc(C(F)(F)F)c3)c2)[CH+]C(C)=C1c1ccccc1. The molecule has 0 saturated carbocycles. The molecule has 0 N–H and O–H groups in total. The molecule has 0 nitrogen and oxygen atoms in total. The third-order valence-corrected chi connectivity index (χ3v) is 8.88. The lowest BCUT2D eigenvalue weighted by Crippen LogP contribution is -2.21. The molecule has 6 rings (SSSR count). The van der Waals surface area contributed by atoms with Gasteiger partial charge in [-0.2, -0.15) is 52.7 Å². The van der Waals surface area contributed by atoms with Crippen molar-refractivity contribution in [2.45, 2.75) is 38.6 Å². The lowest BCUT2D eigenvalue weighted by Gasteiger charge is -2.22. The summed E-state index contributed by atoms with van der Waals surface area (Å²) in [5.74, 6) is 0. The van der Waals surface area contributed by atoms with Crippen LogP contribution in [-0.4, -0.2) is 0 Å². The Bertz CT molecular complexity index is 2290. The summed E-state index contributed by atoms with van der Waals surface area (Å²) >= 11 is 0. The summed E-state index contributed by atoms with van der Waals surface area (Å²) in [6.45, 7) is 3.61. The molecule has 12 heteroatoms. The van der Waals surface area contributed by atoms with E-state index in [9.17, 15) is 52.7 Å². The van der Waals surface area contributed by atoms with Crippen molar-refractivity contribution in [2.75, 3.05) is 0 Å². The number of hydrogen-bond donors (Lipinski definition) is 0. The molecule has 0 aromatic heterocycles. The zero-order valence-corrected chi connectivity index (χ0v) is 28.6. The van der Waals surface area contributed by atoms with Crippen LogP contribution in [0.4, 0.5) is 52.7 Å². The monoisotopic (exact) mass is 770 g/mol. The van der Waals surface area contributed by atoms with E-state index in [1.54, 1.807) is 26.3 Å². The Balaban J connectivity index is 1.79. The topological polar surface area (TPSA) is 0 Å². The van der Waals surface area contributed by atoms with Gasteiger partial charge in [0.25, 0.3) is 0 Å². The minimum Gasteiger partial charge on any atom is -0.166 e. The van der Waals surface area contributed by atoms with E-state index in [1.807, 2.05) is 30.3 Å². The minimum absolute atomic E-state index is 0.0483. The van der Waals surface area contributed by atoms with Crippen LogP contribution in [0.15, 0.2) is 126 Å². The van der Waals surface area contributed by atoms with Gasteiger partial charge in [-0.15, -0.1) is 36.3 Å². The van der Waals surface area contributed by atoms with Crippen LogP contribution in [0, 0.1) is 12.8 Å². The van der Waals surface area contributed by atoms with E-state index in [0.717, 1.165) is 22.3 Å². The number of hydrogen-bond acceptors (Lipinski definition) is 0. The van der Waals surface area contributed by atoms with Crippen molar-refractivity contribution in [3.8, 4) is 22.3 Å². The van der Waals surface area contributed by atoms with Gasteiger partial charge in [-0.05, 0) is 96.8 Å². The van der Waals surface area contributed by atoms with Crippen LogP contribution in [0.25, 0.3) is 39.1 Å². The highest BCUT2D eigenvalue weighted by molar-refractivity contribution is 5.87. The lowest BCUT2D eigenvalue weighted by atomic mass is 9.85. The van der Waals surface area contributed by atoms with E-state index in [1.165, 1.54) is 42.9 Å². The molecular formula is C43H26F12. The number of allylic oxidation sites excluding steroid dienone is 9. The predicted molar refractivity (Wildman–Crippen MR) is 187 cm³/mol. The van der Waals surface area contributed by atoms with E-state index < -0.39 is 58.1 Å². The van der Waals surface area contributed by atoms with Gasteiger partial charge in [-0.3, -0.25) is 0 Å². The summed E-state index contributed by atoms with van der Waals surface area (Å²) < 4.78 is 170. The Kier molecular flexibility index (Phi) is 10.0. The molecule has 2 aliphatic rings. The molecule has 0 heterocycles. The molecule has 55 heavy (non-hydrogen) atoms. The van der Waals surface area contributed by atoms with Crippen LogP contribution < -0.4 is 10.4 Å². The first-order valence-corrected chi connectivity index (χ1v) is 16.4. The number of alkyl halides is 12. The highest BCUT2D eigenvalue weighted by atomic mass is 19.4. The lowest BCUT2D eigenvalue weighted by molar-refractivity contribution is -0.144. The maximum atomic E-state index is 14.1. The second kappa shape index (κ2) is 14.2. The fourth-order valence-electron chi connectivity index (χ4n) is 6.57. The Morgan fingerprint density at radius 2 is 1.04 bits per heavy atom. The molecule has 282 valence electrons. The van der Waals surface area contributed by atoms with E-state index >= 15 is 0 Å². The van der Waals surface area contributed by atoms with Crippen molar-refractivity contribution in [3.63, 3.8) is 0 Å². The first kappa shape index (κ1) is 39.0. The molecule has 2 aliphatic carbocycles. The van der Waals surface area contributed by atoms with Gasteiger partial charge in [0.05, 0.1) is 33.0 Å². The maximum absolute atomic E-state index is 14.1. The summed E-state index contributed by atoms with van der Waals surface area (Å²) in [6.07, 6.45) is -10.4. The summed E-state index contributed by atoms with van der Waals surface area (Å²) in [4.78, 5) is 0. The molecule has 0 amide bonds. The van der Waals surface area contributed by atoms with Gasteiger partial charge in [-0.1, -0.05) is 23.4 Å². The molecule has 0 saturated heterocycles. The molecular weight excluding hydrogens is 744 g/mol. The van der Waals surface area contributed by atoms with Gasteiger partial charge < -0.3 is 0 Å². The summed E-state index contributed by atoms with van der Waals surface area (Å²) in [5.41, 5.74) is -1.81. The van der Waals surface area contributed by atoms with Crippen molar-refractivity contribution >= 4 is 16.9 Å². The van der Waals surface area contributed by atoms with Crippen LogP contribution in [0.1, 0.15) is 41.7 Å². The number of benzene rings is 4. The molecule has 0 spiro atoms. The molecule has 0 bridgehead atoms. The summed E-state index contributed by atoms with van der Waals surface area (Å²) in [5, 5.41) is -0.259. The van der Waals surface area contributed by atoms with Gasteiger partial charge in [0.1, 0.15) is 5.57 Å². The fraction of sp³-hybridized carbons (Fsp3) is 0.140. The van der Waals surface area contributed by atoms with E-state index in [4.69, 9.17) is 0 Å². The highest BCUT2D eigenvalue weighted by Crippen LogP contribution is 2.41. The van der Waals surface area contributed by atoms with Crippen molar-refractivity contribution < 1.29 is 52.7 Å². The standard InChI is InChI=1S/C43H26F12/c1-24-13-26(14-25(2)38(24)28-9-5-3-6-10-28)15-27-16-36(30-18-32(40(44,45)46)22-33(19-30)41(47,48)49)39(29-11-7-4-8-12-29)37(17-27)31-20-34(42(50,51)52)23-35(21-31)43(53,54)55/h3-14,16-23H,1-2H3. The predicted octanol–water partition coefficient (Wildman–Crippen LogP) is 12.5. The molecule has 0 radical (unpaired) electrons. The smallest absolute Gasteiger partial charge is 0.166 e. The summed E-state index contributed by atoms with van der Waals surface area (Å²) in [7, 11) is 0. The first-order valence-electron chi connectivity index (χ1n) is 16.4. The van der Waals surface area contributed by atoms with Gasteiger partial charge >= 0.3 is 24.7 Å². The van der Waals surface area contributed by atoms with E-state index in [-0.39, 0.29) is 39.3 Å². The Morgan fingerprint density at radius 3 is 1.44 bits per heavy atom. The third kappa shape index (κ3) is 8.49. The number of halogens is 12. The summed E-state index contributed by atoms with van der Waals surface area (Å²) in [6, 6.07) is 13.4. The van der Waals surface area contributed by atoms with E-state index in [0.29, 0.717) is 29.8 Å². The number of rotatable bonds is 3. The van der Waals surface area contributed by atoms with Gasteiger partial charge in [0.15, 0.2) is 0 Å². The zero-order chi connectivity index (χ0) is 40.1. The zero-order valence-electron chi connectivity index (χ0n) is 28.6. The molecule has 0 aliphatic heterocycles. The first-order chi connectivity index (χ1) is 25.6. The Morgan fingerprint density at radius 1 is 0.564 bits per heavy atom. The minimum atomic E-state index is -5.26. The Hall–Kier alpha value is -5.74. The quantitative estimate of drug-likeness (QED) is 0.144. The van der Waals surface area contributed by atoms with Gasteiger partial charge in [0.2, 0.25) is 0 Å². The fourth-order valence-corrected chi connectivity index (χ4v) is 6.57. The molecule has 4 aromatic carbocycles. The normalized spacial score (nSPS) is 15.1. The third-order valence-electron chi connectivity index (χ3n) is 8.88. The van der Waals surface area contributed by atoms with Gasteiger partial charge in [-0.25, -0.2) is 0 Å². The second-order valence-corrected chi connectivity index (χ2v) is 12.9. The van der Waals surface area contributed by atoms with Crippen LogP contribution >= 0.6 is 0 Å². The van der Waals surface area contributed by atoms with Crippen LogP contribution in [0.5, 0.6) is 0 Å². The second-order valence-electron chi connectivity index (χ2n) is 12.9. The molecule has 0 fully saturated rings. The van der Waals surface area contributed by atoms with Crippen LogP contribution in [0.2, 0.25) is 0 Å². The average Bonchev–Trinajstić information content (AvgIpc) is 3.10. The van der Waals surface area contributed by atoms with E-state index in [2.05, 4.69) is 5.73 Å². The van der Waals surface area contributed by atoms with Crippen molar-refractivity contribution in [3.05, 3.63) is 177 Å². The molecule has 4 aromatic rings. The molecule has 0 unspecified atom stereocenters. The van der Waals surface area contributed by atoms with Crippen molar-refractivity contribution in [2.24, 2.45) is 0 Å². The van der Waals surface area contributed by atoms with Crippen LogP contribution in [-0.2, 0) is 24.7 Å². The molecule has 0 atom stereocenters. The van der Waals surface area contributed by atoms with Crippen LogP contribution in [0.3, 0.4) is 0 Å². The van der Waals surface area contributed by atoms with Gasteiger partial charge in [0, 0.05) is 34.9 Å². The Labute approximate surface area is 307 Å². The largest absolute Gasteiger partial charge is 0.416 e. The highest BCUT2D eigenvalue weighted by Gasteiger charge is 2.39. The van der Waals surface area contributed by atoms with Crippen molar-refractivity contribution in [1.29, 1.82) is 0 Å². The maximum Gasteiger partial charge on any atom is 0.416 e. The average molecular weight is 771 g/mol.